The molecular weight excluding hydrogens is 188 g/mol. The molecule has 88 valence electrons. The van der Waals surface area contributed by atoms with Gasteiger partial charge in [0.15, 0.2) is 0 Å². The van der Waals surface area contributed by atoms with Crippen molar-refractivity contribution >= 4 is 0 Å². The van der Waals surface area contributed by atoms with Crippen molar-refractivity contribution < 1.29 is 4.74 Å². The molecule has 3 heteroatoms. The van der Waals surface area contributed by atoms with Crippen molar-refractivity contribution in [3.8, 4) is 0 Å². The number of nitrogens with zero attached hydrogens (tertiary/aromatic N) is 1. The first-order valence-electron chi connectivity index (χ1n) is 6.38. The average molecular weight is 212 g/mol. The molecule has 0 amide bonds. The molecule has 1 heterocycles. The van der Waals surface area contributed by atoms with Gasteiger partial charge >= 0.3 is 0 Å². The van der Waals surface area contributed by atoms with E-state index in [-0.39, 0.29) is 0 Å². The van der Waals surface area contributed by atoms with Crippen LogP contribution in [-0.2, 0) is 4.74 Å². The van der Waals surface area contributed by atoms with Gasteiger partial charge in [-0.15, -0.1) is 0 Å². The van der Waals surface area contributed by atoms with E-state index >= 15 is 0 Å². The quantitative estimate of drug-likeness (QED) is 0.742. The second-order valence-electron chi connectivity index (χ2n) is 4.91. The van der Waals surface area contributed by atoms with Crippen molar-refractivity contribution in [1.82, 2.24) is 10.2 Å². The summed E-state index contributed by atoms with van der Waals surface area (Å²) >= 11 is 0. The van der Waals surface area contributed by atoms with Crippen molar-refractivity contribution in [1.29, 1.82) is 0 Å². The van der Waals surface area contributed by atoms with Gasteiger partial charge in [0, 0.05) is 31.2 Å². The lowest BCUT2D eigenvalue weighted by Gasteiger charge is -2.39. The lowest BCUT2D eigenvalue weighted by molar-refractivity contribution is -0.0263. The van der Waals surface area contributed by atoms with E-state index < -0.39 is 0 Å². The molecule has 2 fully saturated rings. The molecule has 0 spiro atoms. The van der Waals surface area contributed by atoms with E-state index in [0.717, 1.165) is 32.3 Å². The highest BCUT2D eigenvalue weighted by atomic mass is 16.5. The molecule has 0 aromatic carbocycles. The summed E-state index contributed by atoms with van der Waals surface area (Å²) < 4.78 is 5.53. The Bertz CT molecular complexity index is 194. The minimum Gasteiger partial charge on any atom is -0.378 e. The van der Waals surface area contributed by atoms with Gasteiger partial charge in [0.1, 0.15) is 0 Å². The van der Waals surface area contributed by atoms with Crippen LogP contribution in [0.3, 0.4) is 0 Å². The van der Waals surface area contributed by atoms with Crippen LogP contribution >= 0.6 is 0 Å². The first kappa shape index (κ1) is 11.4. The Hall–Kier alpha value is -0.120. The first-order valence-corrected chi connectivity index (χ1v) is 6.38. The molecule has 2 atom stereocenters. The van der Waals surface area contributed by atoms with Gasteiger partial charge in [-0.25, -0.2) is 0 Å². The number of morpholine rings is 1. The fourth-order valence-corrected chi connectivity index (χ4v) is 2.34. The van der Waals surface area contributed by atoms with Gasteiger partial charge in [-0.1, -0.05) is 6.92 Å². The van der Waals surface area contributed by atoms with Gasteiger partial charge in [-0.2, -0.15) is 0 Å². The Morgan fingerprint density at radius 3 is 2.93 bits per heavy atom. The number of nitrogens with one attached hydrogen (secondary N) is 1. The average Bonchev–Trinajstić information content (AvgIpc) is 3.09. The molecule has 1 aliphatic carbocycles. The molecule has 15 heavy (non-hydrogen) atoms. The Kier molecular flexibility index (Phi) is 4.00. The van der Waals surface area contributed by atoms with Crippen molar-refractivity contribution in [2.75, 3.05) is 26.3 Å². The molecule has 1 aliphatic heterocycles. The van der Waals surface area contributed by atoms with E-state index in [9.17, 15) is 0 Å². The molecule has 3 nitrogen and oxygen atoms in total. The lowest BCUT2D eigenvalue weighted by Crippen LogP contribution is -2.52. The van der Waals surface area contributed by atoms with E-state index in [2.05, 4.69) is 24.1 Å². The van der Waals surface area contributed by atoms with Gasteiger partial charge in [0.2, 0.25) is 0 Å². The summed E-state index contributed by atoms with van der Waals surface area (Å²) in [5.41, 5.74) is 0. The minimum atomic E-state index is 0.634. The summed E-state index contributed by atoms with van der Waals surface area (Å²) in [7, 11) is 0. The zero-order valence-corrected chi connectivity index (χ0v) is 10.0. The van der Waals surface area contributed by atoms with Crippen molar-refractivity contribution in [3.05, 3.63) is 0 Å². The zero-order chi connectivity index (χ0) is 10.7. The number of rotatable bonds is 5. The molecule has 1 N–H and O–H groups in total. The van der Waals surface area contributed by atoms with Crippen LogP contribution in [0.25, 0.3) is 0 Å². The Labute approximate surface area is 93.2 Å². The molecule has 2 unspecified atom stereocenters. The van der Waals surface area contributed by atoms with Crippen LogP contribution < -0.4 is 5.32 Å². The predicted molar refractivity (Wildman–Crippen MR) is 62.1 cm³/mol. The van der Waals surface area contributed by atoms with Gasteiger partial charge in [-0.3, -0.25) is 4.90 Å². The van der Waals surface area contributed by atoms with Gasteiger partial charge < -0.3 is 10.1 Å². The summed E-state index contributed by atoms with van der Waals surface area (Å²) in [4.78, 5) is 2.61. The molecule has 0 aromatic rings. The fraction of sp³-hybridized carbons (Fsp3) is 1.00. The Morgan fingerprint density at radius 1 is 1.47 bits per heavy atom. The van der Waals surface area contributed by atoms with E-state index in [0.29, 0.717) is 12.1 Å². The summed E-state index contributed by atoms with van der Waals surface area (Å²) in [6.07, 6.45) is 3.97. The number of hydrogen-bond donors (Lipinski definition) is 1. The summed E-state index contributed by atoms with van der Waals surface area (Å²) in [6, 6.07) is 2.11. The number of ether oxygens (including phenoxy) is 1. The Balaban J connectivity index is 1.76. The highest BCUT2D eigenvalue weighted by Crippen LogP contribution is 2.19. The second kappa shape index (κ2) is 5.28. The van der Waals surface area contributed by atoms with E-state index in [1.54, 1.807) is 0 Å². The molecule has 0 radical (unpaired) electrons. The zero-order valence-electron chi connectivity index (χ0n) is 10.0. The molecule has 0 bridgehead atoms. The third kappa shape index (κ3) is 3.16. The van der Waals surface area contributed by atoms with Crippen LogP contribution in [0.4, 0.5) is 0 Å². The third-order valence-corrected chi connectivity index (χ3v) is 3.59. The Morgan fingerprint density at radius 2 is 2.27 bits per heavy atom. The topological polar surface area (TPSA) is 24.5 Å². The highest BCUT2D eigenvalue weighted by molar-refractivity contribution is 4.85. The molecule has 1 saturated heterocycles. The molecule has 2 aliphatic rings. The summed E-state index contributed by atoms with van der Waals surface area (Å²) in [5.74, 6) is 0. The van der Waals surface area contributed by atoms with Gasteiger partial charge in [-0.05, 0) is 26.2 Å². The maximum Gasteiger partial charge on any atom is 0.0622 e. The number of hydrogen-bond acceptors (Lipinski definition) is 3. The fourth-order valence-electron chi connectivity index (χ4n) is 2.34. The predicted octanol–water partition coefficient (Wildman–Crippen LogP) is 1.24. The van der Waals surface area contributed by atoms with Crippen LogP contribution in [0.2, 0.25) is 0 Å². The SMILES string of the molecule is CCC1COCCN1C(C)CNC1CC1. The van der Waals surface area contributed by atoms with Crippen LogP contribution in [0.5, 0.6) is 0 Å². The minimum absolute atomic E-state index is 0.634. The normalized spacial score (nSPS) is 30.4. The van der Waals surface area contributed by atoms with Crippen LogP contribution in [0.1, 0.15) is 33.1 Å². The third-order valence-electron chi connectivity index (χ3n) is 3.59. The molecule has 0 aromatic heterocycles. The smallest absolute Gasteiger partial charge is 0.0622 e. The highest BCUT2D eigenvalue weighted by Gasteiger charge is 2.27. The van der Waals surface area contributed by atoms with Crippen LogP contribution in [0, 0.1) is 0 Å². The maximum atomic E-state index is 5.53. The van der Waals surface area contributed by atoms with E-state index in [1.807, 2.05) is 0 Å². The molecule has 2 rings (SSSR count). The standard InChI is InChI=1S/C12H24N2O/c1-3-12-9-15-7-6-14(12)10(2)8-13-11-4-5-11/h10-13H,3-9H2,1-2H3. The van der Waals surface area contributed by atoms with E-state index in [1.165, 1.54) is 19.3 Å². The molecular formula is C12H24N2O. The lowest BCUT2D eigenvalue weighted by atomic mass is 10.1. The monoisotopic (exact) mass is 212 g/mol. The van der Waals surface area contributed by atoms with Crippen molar-refractivity contribution in [3.63, 3.8) is 0 Å². The van der Waals surface area contributed by atoms with Crippen LogP contribution in [-0.4, -0.2) is 49.3 Å². The largest absolute Gasteiger partial charge is 0.378 e. The first-order chi connectivity index (χ1) is 7.31. The maximum absolute atomic E-state index is 5.53. The van der Waals surface area contributed by atoms with Crippen LogP contribution in [0.15, 0.2) is 0 Å². The second-order valence-corrected chi connectivity index (χ2v) is 4.91. The van der Waals surface area contributed by atoms with E-state index in [4.69, 9.17) is 4.74 Å². The molecule has 1 saturated carbocycles. The van der Waals surface area contributed by atoms with Crippen molar-refractivity contribution in [2.45, 2.75) is 51.2 Å². The van der Waals surface area contributed by atoms with Crippen molar-refractivity contribution in [2.24, 2.45) is 0 Å². The van der Waals surface area contributed by atoms with Gasteiger partial charge in [0.05, 0.1) is 13.2 Å². The van der Waals surface area contributed by atoms with Gasteiger partial charge in [0.25, 0.3) is 0 Å². The summed E-state index contributed by atoms with van der Waals surface area (Å²) in [6.45, 7) is 8.67. The summed E-state index contributed by atoms with van der Waals surface area (Å²) in [5, 5.41) is 3.62.